The van der Waals surface area contributed by atoms with Gasteiger partial charge in [-0.05, 0) is 92.8 Å². The molecule has 11 heteroatoms. The summed E-state index contributed by atoms with van der Waals surface area (Å²) in [4.78, 5) is 15.0. The molecule has 3 aliphatic rings. The van der Waals surface area contributed by atoms with Crippen LogP contribution in [0.4, 0.5) is 28.9 Å². The van der Waals surface area contributed by atoms with Crippen LogP contribution in [0.15, 0.2) is 30.6 Å². The van der Waals surface area contributed by atoms with Gasteiger partial charge in [-0.1, -0.05) is 6.92 Å². The number of hydrogen-bond acceptors (Lipinski definition) is 5. The van der Waals surface area contributed by atoms with E-state index in [9.17, 15) is 18.0 Å². The number of benzene rings is 2. The molecule has 2 heterocycles. The quantitative estimate of drug-likeness (QED) is 0.304. The summed E-state index contributed by atoms with van der Waals surface area (Å²) < 4.78 is 60.9. The van der Waals surface area contributed by atoms with Gasteiger partial charge in [0, 0.05) is 31.2 Å². The smallest absolute Gasteiger partial charge is 0.383 e. The number of aromatic nitrogens is 3. The Balaban J connectivity index is 1.43. The van der Waals surface area contributed by atoms with Gasteiger partial charge in [-0.3, -0.25) is 4.79 Å². The maximum atomic E-state index is 16.1. The first-order valence-corrected chi connectivity index (χ1v) is 14.6. The molecule has 0 spiro atoms. The number of carbonyl (C=O) groups is 1. The second kappa shape index (κ2) is 10.1. The van der Waals surface area contributed by atoms with Gasteiger partial charge in [-0.15, -0.1) is 10.2 Å². The first kappa shape index (κ1) is 28.6. The lowest BCUT2D eigenvalue weighted by Gasteiger charge is -2.46. The number of rotatable bonds is 8. The lowest BCUT2D eigenvalue weighted by Crippen LogP contribution is -2.47. The normalized spacial score (nSPS) is 23.0. The van der Waals surface area contributed by atoms with Crippen LogP contribution >= 0.6 is 0 Å². The number of carbonyl (C=O) groups excluding carboxylic acids is 1. The highest BCUT2D eigenvalue weighted by Crippen LogP contribution is 2.53. The van der Waals surface area contributed by atoms with E-state index in [1.165, 1.54) is 6.07 Å². The number of aryl methyl sites for hydroxylation is 1. The number of amides is 1. The predicted octanol–water partition coefficient (Wildman–Crippen LogP) is 6.31. The molecule has 2 fully saturated rings. The Kier molecular flexibility index (Phi) is 6.87. The molecule has 2 aliphatic carbocycles. The van der Waals surface area contributed by atoms with Crippen molar-refractivity contribution >= 4 is 17.3 Å². The Labute approximate surface area is 242 Å². The lowest BCUT2D eigenvalue weighted by atomic mass is 9.58. The van der Waals surface area contributed by atoms with Gasteiger partial charge >= 0.3 is 6.18 Å². The Morgan fingerprint density at radius 2 is 1.88 bits per heavy atom. The molecule has 2 N–H and O–H groups in total. The topological polar surface area (TPSA) is 75.1 Å². The number of nitrogens with zero attached hydrogens (tertiary/aromatic N) is 4. The highest BCUT2D eigenvalue weighted by Gasteiger charge is 2.49. The van der Waals surface area contributed by atoms with Crippen molar-refractivity contribution in [2.24, 2.45) is 13.0 Å². The third kappa shape index (κ3) is 4.66. The fourth-order valence-electron chi connectivity index (χ4n) is 7.01. The molecule has 3 aromatic rings. The minimum atomic E-state index is -4.66. The largest absolute Gasteiger partial charge is 0.416 e. The molecule has 0 unspecified atom stereocenters. The van der Waals surface area contributed by atoms with Gasteiger partial charge < -0.3 is 20.1 Å². The number of nitrogens with one attached hydrogen (secondary N) is 2. The van der Waals surface area contributed by atoms with Crippen molar-refractivity contribution in [1.29, 1.82) is 0 Å². The standard InChI is InChI=1S/C31H36F4N6O/c1-5-36-24-11-20(30(13-18(2)14-30)28-39-38-17-40(28)4)12-25(26(24)32)41-16-22-21(27(41)42)9-19(10-23(22)31(33,34)35)15-37-29(3)7-6-8-29/h9-12,17-18,36-37H,5-8,13-16H2,1-4H3. The van der Waals surface area contributed by atoms with Crippen LogP contribution in [0.5, 0.6) is 0 Å². The molecular formula is C31H36F4N6O. The van der Waals surface area contributed by atoms with Crippen molar-refractivity contribution in [3.63, 3.8) is 0 Å². The van der Waals surface area contributed by atoms with Gasteiger partial charge in [0.15, 0.2) is 5.82 Å². The molecule has 0 saturated heterocycles. The fourth-order valence-corrected chi connectivity index (χ4v) is 7.01. The number of anilines is 2. The summed E-state index contributed by atoms with van der Waals surface area (Å²) in [6.07, 6.45) is 1.43. The molecule has 2 aromatic carbocycles. The summed E-state index contributed by atoms with van der Waals surface area (Å²) in [5.41, 5.74) is -0.378. The number of halogens is 4. The van der Waals surface area contributed by atoms with Gasteiger partial charge in [-0.25, -0.2) is 4.39 Å². The summed E-state index contributed by atoms with van der Waals surface area (Å²) in [6.45, 7) is 6.29. The van der Waals surface area contributed by atoms with Gasteiger partial charge in [0.2, 0.25) is 0 Å². The fraction of sp³-hybridized carbons (Fsp3) is 0.516. The van der Waals surface area contributed by atoms with E-state index >= 15 is 4.39 Å². The number of hydrogen-bond donors (Lipinski definition) is 2. The van der Waals surface area contributed by atoms with Gasteiger partial charge in [0.05, 0.1) is 28.9 Å². The highest BCUT2D eigenvalue weighted by molar-refractivity contribution is 6.10. The summed E-state index contributed by atoms with van der Waals surface area (Å²) in [5.74, 6) is -0.191. The second-order valence-corrected chi connectivity index (χ2v) is 12.6. The van der Waals surface area contributed by atoms with Gasteiger partial charge in [0.1, 0.15) is 12.2 Å². The zero-order chi connectivity index (χ0) is 30.0. The van der Waals surface area contributed by atoms with E-state index in [1.807, 2.05) is 18.5 Å². The summed E-state index contributed by atoms with van der Waals surface area (Å²) in [5, 5.41) is 14.8. The summed E-state index contributed by atoms with van der Waals surface area (Å²) in [6, 6.07) is 6.01. The van der Waals surface area contributed by atoms with E-state index in [4.69, 9.17) is 0 Å². The molecule has 0 atom stereocenters. The van der Waals surface area contributed by atoms with Crippen LogP contribution < -0.4 is 15.5 Å². The van der Waals surface area contributed by atoms with Crippen LogP contribution in [0.25, 0.3) is 0 Å². The molecular weight excluding hydrogens is 548 g/mol. The van der Waals surface area contributed by atoms with Crippen LogP contribution in [-0.4, -0.2) is 32.8 Å². The average Bonchev–Trinajstić information content (AvgIpc) is 3.47. The molecule has 1 amide bonds. The molecule has 1 aromatic heterocycles. The van der Waals surface area contributed by atoms with E-state index in [-0.39, 0.29) is 41.1 Å². The maximum Gasteiger partial charge on any atom is 0.416 e. The Morgan fingerprint density at radius 3 is 2.45 bits per heavy atom. The predicted molar refractivity (Wildman–Crippen MR) is 152 cm³/mol. The van der Waals surface area contributed by atoms with E-state index in [0.717, 1.165) is 54.5 Å². The molecule has 7 nitrogen and oxygen atoms in total. The van der Waals surface area contributed by atoms with Crippen molar-refractivity contribution in [3.05, 3.63) is 70.1 Å². The van der Waals surface area contributed by atoms with Crippen LogP contribution in [-0.2, 0) is 31.7 Å². The summed E-state index contributed by atoms with van der Waals surface area (Å²) >= 11 is 0. The van der Waals surface area contributed by atoms with Gasteiger partial charge in [0.25, 0.3) is 5.91 Å². The molecule has 1 aliphatic heterocycles. The van der Waals surface area contributed by atoms with Gasteiger partial charge in [-0.2, -0.15) is 13.2 Å². The SMILES string of the molecule is CCNc1cc(C2(c3nncn3C)CC(C)C2)cc(N2Cc3c(cc(CNC4(C)CCC4)cc3C(F)(F)F)C2=O)c1F. The Morgan fingerprint density at radius 1 is 1.14 bits per heavy atom. The monoisotopic (exact) mass is 584 g/mol. The van der Waals surface area contributed by atoms with E-state index in [1.54, 1.807) is 18.5 Å². The molecule has 6 rings (SSSR count). The van der Waals surface area contributed by atoms with Crippen LogP contribution in [0.3, 0.4) is 0 Å². The molecule has 0 radical (unpaired) electrons. The molecule has 42 heavy (non-hydrogen) atoms. The van der Waals surface area contributed by atoms with E-state index < -0.39 is 28.9 Å². The first-order valence-electron chi connectivity index (χ1n) is 14.6. The van der Waals surface area contributed by atoms with E-state index in [0.29, 0.717) is 18.0 Å². The van der Waals surface area contributed by atoms with Crippen LogP contribution in [0.2, 0.25) is 0 Å². The first-order chi connectivity index (χ1) is 19.8. The zero-order valence-electron chi connectivity index (χ0n) is 24.3. The Bertz CT molecular complexity index is 1540. The third-order valence-corrected chi connectivity index (χ3v) is 9.38. The minimum Gasteiger partial charge on any atom is -0.383 e. The number of alkyl halides is 3. The van der Waals surface area contributed by atoms with Crippen LogP contribution in [0, 0.1) is 11.7 Å². The molecule has 224 valence electrons. The van der Waals surface area contributed by atoms with Crippen molar-refractivity contribution in [3.8, 4) is 0 Å². The average molecular weight is 585 g/mol. The lowest BCUT2D eigenvalue weighted by molar-refractivity contribution is -0.138. The van der Waals surface area contributed by atoms with E-state index in [2.05, 4.69) is 34.7 Å². The molecule has 2 saturated carbocycles. The second-order valence-electron chi connectivity index (χ2n) is 12.6. The van der Waals surface area contributed by atoms with Crippen molar-refractivity contribution in [2.75, 3.05) is 16.8 Å². The zero-order valence-corrected chi connectivity index (χ0v) is 24.3. The summed E-state index contributed by atoms with van der Waals surface area (Å²) in [7, 11) is 1.85. The van der Waals surface area contributed by atoms with Crippen LogP contribution in [0.1, 0.15) is 91.3 Å². The highest BCUT2D eigenvalue weighted by atomic mass is 19.4. The molecule has 0 bridgehead atoms. The van der Waals surface area contributed by atoms with Crippen molar-refractivity contribution in [1.82, 2.24) is 20.1 Å². The van der Waals surface area contributed by atoms with Crippen molar-refractivity contribution < 1.29 is 22.4 Å². The third-order valence-electron chi connectivity index (χ3n) is 9.38. The van der Waals surface area contributed by atoms with Crippen molar-refractivity contribution in [2.45, 2.75) is 83.1 Å². The maximum absolute atomic E-state index is 16.1. The number of fused-ring (bicyclic) bond motifs is 1. The Hall–Kier alpha value is -3.47. The minimum absolute atomic E-state index is 0.0320.